The Bertz CT molecular complexity index is 3090. The molecule has 4 aromatic carbocycles. The molecule has 0 bridgehead atoms. The number of carbonyl (C=O) groups is 4. The van der Waals surface area contributed by atoms with Crippen LogP contribution in [-0.2, 0) is 49.9 Å². The smallest absolute Gasteiger partial charge is 0.407 e. The minimum absolute atomic E-state index is 0.00100. The second-order valence-electron chi connectivity index (χ2n) is 30.3. The van der Waals surface area contributed by atoms with E-state index in [9.17, 15) is 24.4 Å². The molecular formula is C76H107F2N3O11Si. The van der Waals surface area contributed by atoms with Crippen LogP contribution in [0, 0.1) is 63.9 Å². The Balaban J connectivity index is 0.818. The Kier molecular flexibility index (Phi) is 23.9. The quantitative estimate of drug-likeness (QED) is 0.0106. The number of rotatable bonds is 28. The molecule has 4 N–H and O–H groups in total. The highest BCUT2D eigenvalue weighted by atomic mass is 28.4. The van der Waals surface area contributed by atoms with Gasteiger partial charge in [0, 0.05) is 43.1 Å². The molecule has 4 aliphatic carbocycles. The van der Waals surface area contributed by atoms with E-state index in [4.69, 9.17) is 28.1 Å². The van der Waals surface area contributed by atoms with Gasteiger partial charge in [-0.3, -0.25) is 19.6 Å². The number of methoxy groups -OCH3 is 1. The maximum Gasteiger partial charge on any atom is 0.407 e. The van der Waals surface area contributed by atoms with Crippen molar-refractivity contribution < 1.29 is 61.3 Å². The maximum absolute atomic E-state index is 16.7. The zero-order valence-electron chi connectivity index (χ0n) is 57.3. The summed E-state index contributed by atoms with van der Waals surface area (Å²) in [5.41, 5.74) is 3.19. The van der Waals surface area contributed by atoms with Crippen molar-refractivity contribution in [2.75, 3.05) is 20.3 Å². The summed E-state index contributed by atoms with van der Waals surface area (Å²) in [5, 5.41) is 14.7. The van der Waals surface area contributed by atoms with E-state index < -0.39 is 73.3 Å². The van der Waals surface area contributed by atoms with Gasteiger partial charge in [-0.1, -0.05) is 154 Å². The number of unbranched alkanes of at least 4 members (excludes halogenated alkanes) is 2. The van der Waals surface area contributed by atoms with Crippen molar-refractivity contribution in [3.05, 3.63) is 137 Å². The number of halogens is 2. The number of ether oxygens (including phenoxy) is 5. The second kappa shape index (κ2) is 31.0. The standard InChI is InChI=1S/C76H107F2N3O11Si/c1-49(2)22-21-23-50(3)60-35-36-61-58-34-31-55-45-57(39-41-74(55,7)62(58)40-42-75(60,61)8)89-72(85)79-43-20-14-19-28-66(82)80-47-51-44-59(64(78)46-63(51)77)69-71(92-93(10,11)73(4,5)6)70(91-68(84)38-37-67(83)81-86)65(90-69)48-88-76(52-24-15-12-16-25-52,53-26-17-13-18-27-53)54-29-32-56(87-9)33-30-54/h12-13,15-18,24-27,29-30,32-33,44,46,49-50,55,57-58,60-62,65,69-71,86H,14,19-23,28,31,34-43,45,47-48H2,1-11H3,(H,79,85)(H,80,82)(H,81,83)/t50-,55?,57+,58?,60-,61+,62+,65-,69+,70+,71?,74+,75-/m1/s1. The molecule has 0 spiro atoms. The van der Waals surface area contributed by atoms with Crippen LogP contribution in [0.4, 0.5) is 13.6 Å². The summed E-state index contributed by atoms with van der Waals surface area (Å²) in [6.45, 7) is 22.5. The fourth-order valence-corrected chi connectivity index (χ4v) is 18.4. The Morgan fingerprint density at radius 2 is 1.38 bits per heavy atom. The van der Waals surface area contributed by atoms with Crippen LogP contribution < -0.4 is 20.9 Å². The number of fused-ring (bicyclic) bond motifs is 5. The molecule has 17 heteroatoms. The van der Waals surface area contributed by atoms with Crippen LogP contribution in [-0.4, -0.2) is 82.1 Å². The van der Waals surface area contributed by atoms with Gasteiger partial charge in [0.25, 0.3) is 0 Å². The molecule has 9 rings (SSSR count). The average molecular weight is 1300 g/mol. The number of hydroxylamine groups is 1. The number of esters is 1. The highest BCUT2D eigenvalue weighted by Crippen LogP contribution is 2.68. The van der Waals surface area contributed by atoms with E-state index in [1.54, 1.807) is 12.6 Å². The zero-order chi connectivity index (χ0) is 66.9. The van der Waals surface area contributed by atoms with Crippen LogP contribution >= 0.6 is 0 Å². The summed E-state index contributed by atoms with van der Waals surface area (Å²) in [6, 6.07) is 28.8. The molecule has 4 aromatic rings. The summed E-state index contributed by atoms with van der Waals surface area (Å²) in [5.74, 6) is 2.30. The average Bonchev–Trinajstić information content (AvgIpc) is 1.71. The number of alkyl carbamates (subject to hydrolysis) is 1. The van der Waals surface area contributed by atoms with Crippen molar-refractivity contribution in [1.82, 2.24) is 16.1 Å². The summed E-state index contributed by atoms with van der Waals surface area (Å²) in [7, 11) is -1.29. The summed E-state index contributed by atoms with van der Waals surface area (Å²) in [6.07, 6.45) is 10.8. The Labute approximate surface area is 553 Å². The van der Waals surface area contributed by atoms with Crippen molar-refractivity contribution in [2.45, 2.75) is 232 Å². The number of amides is 3. The third kappa shape index (κ3) is 16.4. The first-order valence-corrected chi connectivity index (χ1v) is 37.8. The van der Waals surface area contributed by atoms with Gasteiger partial charge < -0.3 is 38.7 Å². The first kappa shape index (κ1) is 71.6. The van der Waals surface area contributed by atoms with Crippen molar-refractivity contribution in [3.8, 4) is 5.75 Å². The molecule has 13 atom stereocenters. The summed E-state index contributed by atoms with van der Waals surface area (Å²) < 4.78 is 72.0. The molecule has 1 saturated heterocycles. The molecule has 1 aliphatic heterocycles. The van der Waals surface area contributed by atoms with Gasteiger partial charge in [-0.15, -0.1) is 0 Å². The first-order valence-electron chi connectivity index (χ1n) is 34.9. The van der Waals surface area contributed by atoms with Gasteiger partial charge in [-0.2, -0.15) is 0 Å². The molecule has 5 aliphatic rings. The van der Waals surface area contributed by atoms with E-state index >= 15 is 8.78 Å². The van der Waals surface area contributed by atoms with E-state index in [1.165, 1.54) is 63.9 Å². The third-order valence-corrected chi connectivity index (χ3v) is 27.7. The highest BCUT2D eigenvalue weighted by molar-refractivity contribution is 6.74. The minimum Gasteiger partial charge on any atom is -0.497 e. The molecule has 510 valence electrons. The van der Waals surface area contributed by atoms with Gasteiger partial charge >= 0.3 is 12.1 Å². The Morgan fingerprint density at radius 1 is 0.710 bits per heavy atom. The van der Waals surface area contributed by atoms with Crippen molar-refractivity contribution in [3.63, 3.8) is 0 Å². The fraction of sp³-hybridized carbons (Fsp3) is 0.632. The van der Waals surface area contributed by atoms with Gasteiger partial charge in [0.15, 0.2) is 14.4 Å². The van der Waals surface area contributed by atoms with Crippen LogP contribution in [0.25, 0.3) is 0 Å². The largest absolute Gasteiger partial charge is 0.497 e. The van der Waals surface area contributed by atoms with Crippen LogP contribution in [0.15, 0.2) is 97.1 Å². The molecule has 1 heterocycles. The number of hydrogen-bond acceptors (Lipinski definition) is 11. The molecule has 0 aromatic heterocycles. The fourth-order valence-electron chi connectivity index (χ4n) is 17.1. The lowest BCUT2D eigenvalue weighted by atomic mass is 9.44. The van der Waals surface area contributed by atoms with E-state index in [0.717, 1.165) is 77.5 Å². The van der Waals surface area contributed by atoms with Gasteiger partial charge in [-0.05, 0) is 176 Å². The Hall–Kier alpha value is -5.72. The molecular weight excluding hydrogens is 1200 g/mol. The second-order valence-corrected chi connectivity index (χ2v) is 35.1. The topological polar surface area (TPSA) is 180 Å². The summed E-state index contributed by atoms with van der Waals surface area (Å²) >= 11 is 0. The predicted molar refractivity (Wildman–Crippen MR) is 358 cm³/mol. The van der Waals surface area contributed by atoms with Crippen molar-refractivity contribution >= 4 is 32.2 Å². The molecule has 3 unspecified atom stereocenters. The van der Waals surface area contributed by atoms with E-state index in [-0.39, 0.29) is 55.2 Å². The van der Waals surface area contributed by atoms with Crippen molar-refractivity contribution in [1.29, 1.82) is 0 Å². The lowest BCUT2D eigenvalue weighted by Gasteiger charge is -2.61. The molecule has 93 heavy (non-hydrogen) atoms. The van der Waals surface area contributed by atoms with Crippen LogP contribution in [0.5, 0.6) is 5.75 Å². The van der Waals surface area contributed by atoms with E-state index in [1.807, 2.05) is 119 Å². The normalized spacial score (nSPS) is 27.3. The van der Waals surface area contributed by atoms with Gasteiger partial charge in [0.1, 0.15) is 47.4 Å². The number of carbonyl (C=O) groups excluding carboxylic acids is 4. The molecule has 4 saturated carbocycles. The number of benzene rings is 4. The maximum atomic E-state index is 16.7. The zero-order valence-corrected chi connectivity index (χ0v) is 58.3. The van der Waals surface area contributed by atoms with Crippen molar-refractivity contribution in [2.24, 2.45) is 52.3 Å². The third-order valence-electron chi connectivity index (χ3n) is 23.2. The van der Waals surface area contributed by atoms with Gasteiger partial charge in [-0.25, -0.2) is 19.1 Å². The molecule has 14 nitrogen and oxygen atoms in total. The SMILES string of the molecule is COc1ccc(C(OC[C@H]2O[C@@H](c3cc(CNC(=O)CCCCCNC(=O)O[C@H]4CC[C@@]5(C)C(CCC6[C@@H]7CC[C@H]([C@H](C)CCCC(C)C)[C@@]7(C)CC[C@@H]65)C4)c(F)cc3F)C(O[Si](C)(C)C(C)(C)C)[C@H]2OC(=O)CCC(=O)NO)(c2ccccc2)c2ccccc2)cc1. The summed E-state index contributed by atoms with van der Waals surface area (Å²) in [4.78, 5) is 52.7. The lowest BCUT2D eigenvalue weighted by Crippen LogP contribution is -2.54. The van der Waals surface area contributed by atoms with Crippen LogP contribution in [0.3, 0.4) is 0 Å². The highest BCUT2D eigenvalue weighted by Gasteiger charge is 2.61. The molecule has 3 amide bonds. The number of nitrogens with one attached hydrogen (secondary N) is 3. The molecule has 0 radical (unpaired) electrons. The van der Waals surface area contributed by atoms with E-state index in [0.29, 0.717) is 48.3 Å². The van der Waals surface area contributed by atoms with Crippen LogP contribution in [0.2, 0.25) is 18.1 Å². The lowest BCUT2D eigenvalue weighted by molar-refractivity contribution is -0.159. The monoisotopic (exact) mass is 1300 g/mol. The molecule has 5 fully saturated rings. The Morgan fingerprint density at radius 3 is 2.03 bits per heavy atom. The van der Waals surface area contributed by atoms with Crippen LogP contribution in [0.1, 0.15) is 205 Å². The van der Waals surface area contributed by atoms with Gasteiger partial charge in [0.05, 0.1) is 20.1 Å². The number of hydrogen-bond donors (Lipinski definition) is 4. The van der Waals surface area contributed by atoms with E-state index in [2.05, 4.69) is 45.3 Å². The van der Waals surface area contributed by atoms with Gasteiger partial charge in [0.2, 0.25) is 11.8 Å². The first-order chi connectivity index (χ1) is 44.3. The predicted octanol–water partition coefficient (Wildman–Crippen LogP) is 16.4. The minimum atomic E-state index is -2.87.